The molecular weight excluding hydrogens is 213 g/mol. The predicted molar refractivity (Wildman–Crippen MR) is 46.6 cm³/mol. The summed E-state index contributed by atoms with van der Waals surface area (Å²) in [5.41, 5.74) is 0.0183. The van der Waals surface area contributed by atoms with Crippen LogP contribution in [0.2, 0.25) is 0 Å². The zero-order valence-corrected chi connectivity index (χ0v) is 7.21. The molecular formula is C8H5F3N2O2. The summed E-state index contributed by atoms with van der Waals surface area (Å²) in [7, 11) is 0. The second kappa shape index (κ2) is 4.07. The number of benzene rings is 1. The highest BCUT2D eigenvalue weighted by Gasteiger charge is 2.38. The molecule has 80 valence electrons. The van der Waals surface area contributed by atoms with Crippen molar-refractivity contribution in [2.45, 2.75) is 6.18 Å². The molecule has 0 aromatic heterocycles. The first-order chi connectivity index (χ1) is 6.93. The SMILES string of the molecule is O=Nc1ccc(NC(=O)C(F)(F)F)cc1. The maximum atomic E-state index is 11.8. The average molecular weight is 218 g/mol. The second-order valence-corrected chi connectivity index (χ2v) is 2.59. The van der Waals surface area contributed by atoms with Crippen LogP contribution in [0.15, 0.2) is 29.4 Å². The third-order valence-corrected chi connectivity index (χ3v) is 1.49. The van der Waals surface area contributed by atoms with Crippen molar-refractivity contribution in [3.8, 4) is 0 Å². The van der Waals surface area contributed by atoms with Gasteiger partial charge in [-0.2, -0.15) is 13.2 Å². The van der Waals surface area contributed by atoms with Gasteiger partial charge in [0.25, 0.3) is 0 Å². The Morgan fingerprint density at radius 1 is 1.20 bits per heavy atom. The van der Waals surface area contributed by atoms with Crippen LogP contribution in [0, 0.1) is 4.91 Å². The van der Waals surface area contributed by atoms with E-state index in [1.165, 1.54) is 12.1 Å². The fourth-order valence-electron chi connectivity index (χ4n) is 0.808. The van der Waals surface area contributed by atoms with Crippen molar-refractivity contribution in [1.82, 2.24) is 0 Å². The van der Waals surface area contributed by atoms with Crippen molar-refractivity contribution in [3.05, 3.63) is 29.2 Å². The van der Waals surface area contributed by atoms with Crippen LogP contribution in [-0.2, 0) is 4.79 Å². The highest BCUT2D eigenvalue weighted by atomic mass is 19.4. The Morgan fingerprint density at radius 2 is 1.73 bits per heavy atom. The number of nitrogens with one attached hydrogen (secondary N) is 1. The average Bonchev–Trinajstić information content (AvgIpc) is 2.17. The number of anilines is 1. The van der Waals surface area contributed by atoms with Gasteiger partial charge in [0.15, 0.2) is 0 Å². The predicted octanol–water partition coefficient (Wildman–Crippen LogP) is 2.59. The number of halogens is 3. The molecule has 0 aliphatic rings. The third kappa shape index (κ3) is 3.04. The first kappa shape index (κ1) is 11.2. The Kier molecular flexibility index (Phi) is 3.03. The summed E-state index contributed by atoms with van der Waals surface area (Å²) in [6.45, 7) is 0. The molecule has 0 aliphatic carbocycles. The molecule has 0 bridgehead atoms. The van der Waals surface area contributed by atoms with Gasteiger partial charge in [0, 0.05) is 5.69 Å². The van der Waals surface area contributed by atoms with Crippen molar-refractivity contribution in [3.63, 3.8) is 0 Å². The molecule has 0 spiro atoms. The lowest BCUT2D eigenvalue weighted by molar-refractivity contribution is -0.167. The largest absolute Gasteiger partial charge is 0.471 e. The summed E-state index contributed by atoms with van der Waals surface area (Å²) < 4.78 is 35.4. The lowest BCUT2D eigenvalue weighted by Gasteiger charge is -2.07. The molecule has 7 heteroatoms. The van der Waals surface area contributed by atoms with Crippen LogP contribution >= 0.6 is 0 Å². The monoisotopic (exact) mass is 218 g/mol. The lowest BCUT2D eigenvalue weighted by atomic mass is 10.3. The summed E-state index contributed by atoms with van der Waals surface area (Å²) in [4.78, 5) is 20.4. The van der Waals surface area contributed by atoms with E-state index in [1.54, 1.807) is 5.32 Å². The molecule has 0 unspecified atom stereocenters. The summed E-state index contributed by atoms with van der Waals surface area (Å²) in [6.07, 6.45) is -4.93. The smallest absolute Gasteiger partial charge is 0.318 e. The number of alkyl halides is 3. The Bertz CT molecular complexity index is 372. The fraction of sp³-hybridized carbons (Fsp3) is 0.125. The summed E-state index contributed by atoms with van der Waals surface area (Å²) in [5, 5.41) is 4.18. The Balaban J connectivity index is 2.74. The minimum Gasteiger partial charge on any atom is -0.318 e. The van der Waals surface area contributed by atoms with Gasteiger partial charge in [-0.3, -0.25) is 4.79 Å². The van der Waals surface area contributed by atoms with Gasteiger partial charge < -0.3 is 5.32 Å². The second-order valence-electron chi connectivity index (χ2n) is 2.59. The van der Waals surface area contributed by atoms with Crippen LogP contribution in [0.3, 0.4) is 0 Å². The van der Waals surface area contributed by atoms with E-state index in [9.17, 15) is 22.9 Å². The van der Waals surface area contributed by atoms with E-state index < -0.39 is 12.1 Å². The molecule has 1 rings (SSSR count). The van der Waals surface area contributed by atoms with Gasteiger partial charge >= 0.3 is 12.1 Å². The number of carbonyl (C=O) groups excluding carboxylic acids is 1. The van der Waals surface area contributed by atoms with Gasteiger partial charge in [-0.05, 0) is 29.4 Å². The van der Waals surface area contributed by atoms with Gasteiger partial charge in [-0.15, -0.1) is 4.91 Å². The van der Waals surface area contributed by atoms with E-state index in [0.29, 0.717) is 0 Å². The van der Waals surface area contributed by atoms with Crippen molar-refractivity contribution >= 4 is 17.3 Å². The van der Waals surface area contributed by atoms with Gasteiger partial charge in [0.05, 0.1) is 0 Å². The number of nitroso groups, excluding NO2 is 1. The number of nitrogens with zero attached hydrogens (tertiary/aromatic N) is 1. The summed E-state index contributed by atoms with van der Waals surface area (Å²) in [6, 6.07) is 4.69. The Labute approximate surface area is 82.1 Å². The van der Waals surface area contributed by atoms with Crippen LogP contribution < -0.4 is 5.32 Å². The zero-order valence-electron chi connectivity index (χ0n) is 7.21. The molecule has 1 N–H and O–H groups in total. The molecule has 0 atom stereocenters. The highest BCUT2D eigenvalue weighted by molar-refractivity contribution is 5.94. The quantitative estimate of drug-likeness (QED) is 0.775. The number of hydrogen-bond donors (Lipinski definition) is 1. The molecule has 0 saturated heterocycles. The van der Waals surface area contributed by atoms with Crippen LogP contribution in [0.1, 0.15) is 0 Å². The molecule has 1 aromatic rings. The van der Waals surface area contributed by atoms with Gasteiger partial charge in [-0.25, -0.2) is 0 Å². The van der Waals surface area contributed by atoms with Gasteiger partial charge in [0.1, 0.15) is 5.69 Å². The van der Waals surface area contributed by atoms with E-state index >= 15 is 0 Å². The van der Waals surface area contributed by atoms with Crippen molar-refractivity contribution in [1.29, 1.82) is 0 Å². The molecule has 1 amide bonds. The topological polar surface area (TPSA) is 58.5 Å². The normalized spacial score (nSPS) is 10.9. The number of rotatable bonds is 2. The number of amides is 1. The van der Waals surface area contributed by atoms with E-state index in [4.69, 9.17) is 0 Å². The van der Waals surface area contributed by atoms with E-state index in [2.05, 4.69) is 5.18 Å². The Morgan fingerprint density at radius 3 is 2.13 bits per heavy atom. The molecule has 0 saturated carbocycles. The molecule has 0 heterocycles. The molecule has 0 fully saturated rings. The molecule has 15 heavy (non-hydrogen) atoms. The van der Waals surface area contributed by atoms with Gasteiger partial charge in [0.2, 0.25) is 0 Å². The minimum absolute atomic E-state index is 0.0512. The van der Waals surface area contributed by atoms with Crippen LogP contribution in [0.4, 0.5) is 24.5 Å². The number of hydrogen-bond acceptors (Lipinski definition) is 3. The lowest BCUT2D eigenvalue weighted by Crippen LogP contribution is -2.29. The molecule has 0 radical (unpaired) electrons. The minimum atomic E-state index is -4.93. The maximum absolute atomic E-state index is 11.8. The van der Waals surface area contributed by atoms with Crippen LogP contribution in [-0.4, -0.2) is 12.1 Å². The first-order valence-electron chi connectivity index (χ1n) is 3.75. The maximum Gasteiger partial charge on any atom is 0.471 e. The third-order valence-electron chi connectivity index (χ3n) is 1.49. The van der Waals surface area contributed by atoms with Crippen molar-refractivity contribution < 1.29 is 18.0 Å². The highest BCUT2D eigenvalue weighted by Crippen LogP contribution is 2.20. The first-order valence-corrected chi connectivity index (χ1v) is 3.75. The molecule has 4 nitrogen and oxygen atoms in total. The van der Waals surface area contributed by atoms with Gasteiger partial charge in [-0.1, -0.05) is 0 Å². The standard InChI is InChI=1S/C8H5F3N2O2/c9-8(10,11)7(14)12-5-1-3-6(13-15)4-2-5/h1-4H,(H,12,14). The van der Waals surface area contributed by atoms with Crippen molar-refractivity contribution in [2.75, 3.05) is 5.32 Å². The molecule has 1 aromatic carbocycles. The van der Waals surface area contributed by atoms with Crippen LogP contribution in [0.25, 0.3) is 0 Å². The van der Waals surface area contributed by atoms with Crippen LogP contribution in [0.5, 0.6) is 0 Å². The summed E-state index contributed by atoms with van der Waals surface area (Å²) in [5.74, 6) is -2.06. The fourth-order valence-corrected chi connectivity index (χ4v) is 0.808. The van der Waals surface area contributed by atoms with E-state index in [0.717, 1.165) is 12.1 Å². The van der Waals surface area contributed by atoms with E-state index in [1.807, 2.05) is 0 Å². The number of carbonyl (C=O) groups is 1. The Hall–Kier alpha value is -1.92. The summed E-state index contributed by atoms with van der Waals surface area (Å²) >= 11 is 0. The van der Waals surface area contributed by atoms with Crippen molar-refractivity contribution in [2.24, 2.45) is 5.18 Å². The molecule has 0 aliphatic heterocycles. The van der Waals surface area contributed by atoms with E-state index in [-0.39, 0.29) is 11.4 Å². The zero-order chi connectivity index (χ0) is 11.5.